The highest BCUT2D eigenvalue weighted by Gasteiger charge is 2.12. The standard InChI is InChI=1S/C23H18N6O2/c30-21(26-17-6-2-1-3-7-17)16-5-4-8-19(15-16)27-22(31)20-11-14-25-23(29-20)28-18-9-12-24-13-10-18/h1-15H,(H,26,30)(H,27,31)(H,24,25,28,29). The van der Waals surface area contributed by atoms with Crippen molar-refractivity contribution in [1.82, 2.24) is 15.0 Å². The summed E-state index contributed by atoms with van der Waals surface area (Å²) in [5.74, 6) is -0.399. The Morgan fingerprint density at radius 3 is 2.23 bits per heavy atom. The number of nitrogens with zero attached hydrogens (tertiary/aromatic N) is 3. The van der Waals surface area contributed by atoms with Crippen LogP contribution in [0.2, 0.25) is 0 Å². The van der Waals surface area contributed by atoms with Crippen molar-refractivity contribution in [3.8, 4) is 0 Å². The van der Waals surface area contributed by atoms with E-state index in [2.05, 4.69) is 30.9 Å². The van der Waals surface area contributed by atoms with Gasteiger partial charge in [0.15, 0.2) is 0 Å². The second-order valence-corrected chi connectivity index (χ2v) is 6.48. The van der Waals surface area contributed by atoms with Crippen LogP contribution in [0.3, 0.4) is 0 Å². The van der Waals surface area contributed by atoms with E-state index in [4.69, 9.17) is 0 Å². The van der Waals surface area contributed by atoms with E-state index in [1.165, 1.54) is 12.3 Å². The molecule has 31 heavy (non-hydrogen) atoms. The first-order chi connectivity index (χ1) is 15.2. The number of hydrogen-bond donors (Lipinski definition) is 3. The number of benzene rings is 2. The van der Waals surface area contributed by atoms with Gasteiger partial charge in [-0.3, -0.25) is 14.6 Å². The van der Waals surface area contributed by atoms with Gasteiger partial charge in [-0.25, -0.2) is 9.97 Å². The van der Waals surface area contributed by atoms with Gasteiger partial charge < -0.3 is 16.0 Å². The number of anilines is 4. The summed E-state index contributed by atoms with van der Waals surface area (Å²) in [4.78, 5) is 37.5. The highest BCUT2D eigenvalue weighted by atomic mass is 16.2. The van der Waals surface area contributed by atoms with E-state index >= 15 is 0 Å². The fraction of sp³-hybridized carbons (Fsp3) is 0. The maximum absolute atomic E-state index is 12.7. The molecule has 2 aromatic heterocycles. The summed E-state index contributed by atoms with van der Waals surface area (Å²) in [6.07, 6.45) is 4.77. The summed E-state index contributed by atoms with van der Waals surface area (Å²) >= 11 is 0. The third-order valence-electron chi connectivity index (χ3n) is 4.24. The Balaban J connectivity index is 1.44. The molecule has 0 fully saturated rings. The molecular formula is C23H18N6O2. The molecule has 152 valence electrons. The van der Waals surface area contributed by atoms with E-state index in [0.717, 1.165) is 5.69 Å². The largest absolute Gasteiger partial charge is 0.324 e. The summed E-state index contributed by atoms with van der Waals surface area (Å²) in [6.45, 7) is 0. The van der Waals surface area contributed by atoms with E-state index in [1.807, 2.05) is 18.2 Å². The Bertz CT molecular complexity index is 1200. The lowest BCUT2D eigenvalue weighted by Crippen LogP contribution is -2.16. The van der Waals surface area contributed by atoms with Gasteiger partial charge in [0.25, 0.3) is 11.8 Å². The molecule has 0 saturated heterocycles. The van der Waals surface area contributed by atoms with Gasteiger partial charge in [-0.05, 0) is 48.5 Å². The van der Waals surface area contributed by atoms with Crippen molar-refractivity contribution in [2.45, 2.75) is 0 Å². The van der Waals surface area contributed by atoms with Gasteiger partial charge in [-0.15, -0.1) is 0 Å². The Morgan fingerprint density at radius 2 is 1.42 bits per heavy atom. The van der Waals surface area contributed by atoms with E-state index < -0.39 is 5.91 Å². The normalized spacial score (nSPS) is 10.2. The lowest BCUT2D eigenvalue weighted by Gasteiger charge is -2.09. The lowest BCUT2D eigenvalue weighted by molar-refractivity contribution is 0.101. The summed E-state index contributed by atoms with van der Waals surface area (Å²) in [5.41, 5.74) is 2.53. The Labute approximate surface area is 178 Å². The quantitative estimate of drug-likeness (QED) is 0.441. The van der Waals surface area contributed by atoms with Gasteiger partial charge in [-0.1, -0.05) is 24.3 Å². The van der Waals surface area contributed by atoms with Gasteiger partial charge in [0.1, 0.15) is 5.69 Å². The van der Waals surface area contributed by atoms with Crippen molar-refractivity contribution >= 4 is 34.8 Å². The molecule has 0 saturated carbocycles. The highest BCUT2D eigenvalue weighted by Crippen LogP contribution is 2.15. The molecule has 2 amide bonds. The van der Waals surface area contributed by atoms with Crippen molar-refractivity contribution in [3.05, 3.63) is 103 Å². The third-order valence-corrected chi connectivity index (χ3v) is 4.24. The van der Waals surface area contributed by atoms with Crippen LogP contribution in [0, 0.1) is 0 Å². The molecule has 0 aliphatic carbocycles. The fourth-order valence-corrected chi connectivity index (χ4v) is 2.77. The number of rotatable bonds is 6. The van der Waals surface area contributed by atoms with Crippen molar-refractivity contribution in [3.63, 3.8) is 0 Å². The van der Waals surface area contributed by atoms with Crippen LogP contribution >= 0.6 is 0 Å². The zero-order chi connectivity index (χ0) is 21.5. The molecule has 0 aliphatic heterocycles. The Kier molecular flexibility index (Phi) is 5.90. The topological polar surface area (TPSA) is 109 Å². The monoisotopic (exact) mass is 410 g/mol. The second-order valence-electron chi connectivity index (χ2n) is 6.48. The van der Waals surface area contributed by atoms with E-state index in [1.54, 1.807) is 60.9 Å². The van der Waals surface area contributed by atoms with Crippen LogP contribution in [-0.4, -0.2) is 26.8 Å². The minimum atomic E-state index is -0.416. The molecule has 8 nitrogen and oxygen atoms in total. The third kappa shape index (κ3) is 5.27. The summed E-state index contributed by atoms with van der Waals surface area (Å²) in [5, 5.41) is 8.59. The molecule has 2 heterocycles. The number of nitrogens with one attached hydrogen (secondary N) is 3. The molecule has 0 radical (unpaired) electrons. The maximum atomic E-state index is 12.7. The maximum Gasteiger partial charge on any atom is 0.274 e. The van der Waals surface area contributed by atoms with Crippen molar-refractivity contribution in [2.24, 2.45) is 0 Å². The van der Waals surface area contributed by atoms with Crippen LogP contribution in [0.1, 0.15) is 20.8 Å². The van der Waals surface area contributed by atoms with Gasteiger partial charge in [0.05, 0.1) is 0 Å². The molecule has 0 atom stereocenters. The zero-order valence-electron chi connectivity index (χ0n) is 16.3. The van der Waals surface area contributed by atoms with Crippen LogP contribution in [0.4, 0.5) is 23.0 Å². The predicted molar refractivity (Wildman–Crippen MR) is 118 cm³/mol. The summed E-state index contributed by atoms with van der Waals surface area (Å²) in [6, 6.07) is 20.9. The minimum Gasteiger partial charge on any atom is -0.324 e. The predicted octanol–water partition coefficient (Wildman–Crippen LogP) is 4.12. The fourth-order valence-electron chi connectivity index (χ4n) is 2.77. The van der Waals surface area contributed by atoms with Crippen LogP contribution in [0.15, 0.2) is 91.4 Å². The second kappa shape index (κ2) is 9.27. The first-order valence-corrected chi connectivity index (χ1v) is 9.45. The molecule has 0 unspecified atom stereocenters. The molecule has 0 bridgehead atoms. The van der Waals surface area contributed by atoms with Gasteiger partial charge in [0.2, 0.25) is 5.95 Å². The van der Waals surface area contributed by atoms with Crippen LogP contribution in [0.25, 0.3) is 0 Å². The number of para-hydroxylation sites is 1. The molecule has 3 N–H and O–H groups in total. The SMILES string of the molecule is O=C(Nc1ccccc1)c1cccc(NC(=O)c2ccnc(Nc3ccncc3)n2)c1. The molecule has 2 aromatic carbocycles. The van der Waals surface area contributed by atoms with Crippen molar-refractivity contribution < 1.29 is 9.59 Å². The Hall–Kier alpha value is -4.59. The molecule has 8 heteroatoms. The average molecular weight is 410 g/mol. The van der Waals surface area contributed by atoms with Crippen molar-refractivity contribution in [1.29, 1.82) is 0 Å². The molecule has 4 rings (SSSR count). The van der Waals surface area contributed by atoms with Crippen LogP contribution in [-0.2, 0) is 0 Å². The minimum absolute atomic E-state index is 0.186. The van der Waals surface area contributed by atoms with Crippen molar-refractivity contribution in [2.75, 3.05) is 16.0 Å². The lowest BCUT2D eigenvalue weighted by atomic mass is 10.1. The molecule has 4 aromatic rings. The van der Waals surface area contributed by atoms with Gasteiger partial charge >= 0.3 is 0 Å². The van der Waals surface area contributed by atoms with E-state index in [-0.39, 0.29) is 17.5 Å². The first-order valence-electron chi connectivity index (χ1n) is 9.45. The first kappa shape index (κ1) is 19.7. The molecule has 0 aliphatic rings. The highest BCUT2D eigenvalue weighted by molar-refractivity contribution is 6.06. The summed E-state index contributed by atoms with van der Waals surface area (Å²) < 4.78 is 0. The number of carbonyl (C=O) groups excluding carboxylic acids is 2. The number of pyridine rings is 1. The Morgan fingerprint density at radius 1 is 0.677 bits per heavy atom. The van der Waals surface area contributed by atoms with Crippen LogP contribution < -0.4 is 16.0 Å². The van der Waals surface area contributed by atoms with Crippen LogP contribution in [0.5, 0.6) is 0 Å². The molecule has 0 spiro atoms. The van der Waals surface area contributed by atoms with E-state index in [9.17, 15) is 9.59 Å². The smallest absolute Gasteiger partial charge is 0.274 e. The number of hydrogen-bond acceptors (Lipinski definition) is 6. The van der Waals surface area contributed by atoms with E-state index in [0.29, 0.717) is 16.9 Å². The summed E-state index contributed by atoms with van der Waals surface area (Å²) in [7, 11) is 0. The number of carbonyl (C=O) groups is 2. The number of aromatic nitrogens is 3. The molecular weight excluding hydrogens is 392 g/mol. The van der Waals surface area contributed by atoms with Gasteiger partial charge in [-0.2, -0.15) is 0 Å². The average Bonchev–Trinajstić information content (AvgIpc) is 2.81. The van der Waals surface area contributed by atoms with Gasteiger partial charge in [0, 0.05) is 41.2 Å². The zero-order valence-corrected chi connectivity index (χ0v) is 16.3. The number of amides is 2.